The third-order valence-corrected chi connectivity index (χ3v) is 1.90. The van der Waals surface area contributed by atoms with Crippen LogP contribution in [-0.2, 0) is 4.79 Å². The van der Waals surface area contributed by atoms with Crippen molar-refractivity contribution in [1.82, 2.24) is 5.32 Å². The number of nitrogens with one attached hydrogen (secondary N) is 1. The van der Waals surface area contributed by atoms with E-state index in [1.54, 1.807) is 18.2 Å². The number of carbonyl (C=O) groups is 1. The number of hydrogen-bond donors (Lipinski definition) is 2. The summed E-state index contributed by atoms with van der Waals surface area (Å²) in [7, 11) is 0. The lowest BCUT2D eigenvalue weighted by molar-refractivity contribution is -0.116. The molecule has 0 radical (unpaired) electrons. The van der Waals surface area contributed by atoms with Crippen molar-refractivity contribution in [3.63, 3.8) is 0 Å². The number of carbonyl (C=O) groups excluding carboxylic acids is 1. The fourth-order valence-corrected chi connectivity index (χ4v) is 1.08. The number of anilines is 1. The van der Waals surface area contributed by atoms with Gasteiger partial charge in [-0.2, -0.15) is 5.26 Å². The number of amides is 1. The van der Waals surface area contributed by atoms with Gasteiger partial charge < -0.3 is 11.1 Å². The molecular formula is C12H13N3O. The molecule has 1 aromatic carbocycles. The van der Waals surface area contributed by atoms with Crippen molar-refractivity contribution >= 4 is 17.7 Å². The molecule has 1 rings (SSSR count). The van der Waals surface area contributed by atoms with E-state index in [4.69, 9.17) is 11.0 Å². The molecule has 4 heteroatoms. The summed E-state index contributed by atoms with van der Waals surface area (Å²) < 4.78 is 0. The van der Waals surface area contributed by atoms with Crippen LogP contribution in [0.25, 0.3) is 6.08 Å². The topological polar surface area (TPSA) is 78.9 Å². The smallest absolute Gasteiger partial charge is 0.244 e. The first-order chi connectivity index (χ1) is 7.72. The largest absolute Gasteiger partial charge is 0.399 e. The van der Waals surface area contributed by atoms with E-state index in [1.807, 2.05) is 18.2 Å². The van der Waals surface area contributed by atoms with Crippen molar-refractivity contribution < 1.29 is 4.79 Å². The van der Waals surface area contributed by atoms with Gasteiger partial charge in [-0.1, -0.05) is 12.1 Å². The molecule has 82 valence electrons. The predicted molar refractivity (Wildman–Crippen MR) is 63.1 cm³/mol. The molecule has 0 unspecified atom stereocenters. The third-order valence-electron chi connectivity index (χ3n) is 1.90. The highest BCUT2D eigenvalue weighted by atomic mass is 16.1. The maximum absolute atomic E-state index is 11.2. The second kappa shape index (κ2) is 6.25. The van der Waals surface area contributed by atoms with Gasteiger partial charge in [-0.3, -0.25) is 4.79 Å². The molecular weight excluding hydrogens is 202 g/mol. The van der Waals surface area contributed by atoms with E-state index in [9.17, 15) is 4.79 Å². The Kier molecular flexibility index (Phi) is 4.61. The summed E-state index contributed by atoms with van der Waals surface area (Å²) in [6.45, 7) is 0.376. The van der Waals surface area contributed by atoms with Gasteiger partial charge in [0.1, 0.15) is 0 Å². The molecule has 0 spiro atoms. The standard InChI is InChI=1S/C12H13N3O/c13-8-1-9-15-12(16)7-4-10-2-5-11(14)6-3-10/h2-7H,1,9,14H2,(H,15,16)/b7-4+. The van der Waals surface area contributed by atoms with Crippen molar-refractivity contribution in [1.29, 1.82) is 5.26 Å². The molecule has 3 N–H and O–H groups in total. The van der Waals surface area contributed by atoms with Gasteiger partial charge in [-0.05, 0) is 23.8 Å². The van der Waals surface area contributed by atoms with Crippen LogP contribution in [0.15, 0.2) is 30.3 Å². The molecule has 0 fully saturated rings. The van der Waals surface area contributed by atoms with Crippen LogP contribution in [0.1, 0.15) is 12.0 Å². The zero-order chi connectivity index (χ0) is 11.8. The molecule has 4 nitrogen and oxygen atoms in total. The molecule has 0 aliphatic heterocycles. The molecule has 0 saturated heterocycles. The molecule has 1 aromatic rings. The monoisotopic (exact) mass is 215 g/mol. The Bertz CT molecular complexity index is 415. The number of nitrogens with two attached hydrogens (primary N) is 1. The number of nitriles is 1. The normalized spacial score (nSPS) is 9.94. The summed E-state index contributed by atoms with van der Waals surface area (Å²) in [6.07, 6.45) is 3.45. The zero-order valence-corrected chi connectivity index (χ0v) is 8.81. The van der Waals surface area contributed by atoms with Gasteiger partial charge in [0.25, 0.3) is 0 Å². The second-order valence-electron chi connectivity index (χ2n) is 3.20. The average molecular weight is 215 g/mol. The van der Waals surface area contributed by atoms with Crippen LogP contribution >= 0.6 is 0 Å². The Balaban J connectivity index is 2.44. The van der Waals surface area contributed by atoms with Gasteiger partial charge in [0.05, 0.1) is 12.5 Å². The lowest BCUT2D eigenvalue weighted by Gasteiger charge is -1.97. The number of hydrogen-bond acceptors (Lipinski definition) is 3. The summed E-state index contributed by atoms with van der Waals surface area (Å²) in [5, 5.41) is 10.9. The minimum Gasteiger partial charge on any atom is -0.399 e. The van der Waals surface area contributed by atoms with E-state index < -0.39 is 0 Å². The van der Waals surface area contributed by atoms with E-state index >= 15 is 0 Å². The fraction of sp³-hybridized carbons (Fsp3) is 0.167. The molecule has 1 amide bonds. The summed E-state index contributed by atoms with van der Waals surface area (Å²) in [5.41, 5.74) is 7.13. The van der Waals surface area contributed by atoms with Crippen LogP contribution in [0, 0.1) is 11.3 Å². The van der Waals surface area contributed by atoms with Crippen LogP contribution < -0.4 is 11.1 Å². The Labute approximate surface area is 94.4 Å². The van der Waals surface area contributed by atoms with Crippen molar-refractivity contribution in [3.05, 3.63) is 35.9 Å². The molecule has 0 saturated carbocycles. The first kappa shape index (κ1) is 11.8. The van der Waals surface area contributed by atoms with Crippen molar-refractivity contribution in [2.45, 2.75) is 6.42 Å². The molecule has 0 heterocycles. The van der Waals surface area contributed by atoms with Gasteiger partial charge in [0.2, 0.25) is 5.91 Å². The SMILES string of the molecule is N#CCCNC(=O)/C=C/c1ccc(N)cc1. The fourth-order valence-electron chi connectivity index (χ4n) is 1.08. The minimum absolute atomic E-state index is 0.202. The maximum Gasteiger partial charge on any atom is 0.244 e. The van der Waals surface area contributed by atoms with E-state index in [2.05, 4.69) is 5.32 Å². The van der Waals surface area contributed by atoms with Gasteiger partial charge in [0.15, 0.2) is 0 Å². The lowest BCUT2D eigenvalue weighted by atomic mass is 10.2. The average Bonchev–Trinajstić information content (AvgIpc) is 2.29. The van der Waals surface area contributed by atoms with E-state index in [1.165, 1.54) is 6.08 Å². The van der Waals surface area contributed by atoms with Gasteiger partial charge >= 0.3 is 0 Å². The summed E-state index contributed by atoms with van der Waals surface area (Å²) in [4.78, 5) is 11.2. The summed E-state index contributed by atoms with van der Waals surface area (Å²) in [6, 6.07) is 9.15. The summed E-state index contributed by atoms with van der Waals surface area (Å²) in [5.74, 6) is -0.202. The second-order valence-corrected chi connectivity index (χ2v) is 3.20. The Morgan fingerprint density at radius 3 is 2.75 bits per heavy atom. The first-order valence-corrected chi connectivity index (χ1v) is 4.91. The molecule has 0 atom stereocenters. The first-order valence-electron chi connectivity index (χ1n) is 4.91. The van der Waals surface area contributed by atoms with Gasteiger partial charge in [-0.25, -0.2) is 0 Å². The molecule has 0 aliphatic carbocycles. The maximum atomic E-state index is 11.2. The third kappa shape index (κ3) is 4.29. The van der Waals surface area contributed by atoms with Crippen LogP contribution in [0.3, 0.4) is 0 Å². The van der Waals surface area contributed by atoms with Crippen LogP contribution in [0.5, 0.6) is 0 Å². The highest BCUT2D eigenvalue weighted by molar-refractivity contribution is 5.91. The van der Waals surface area contributed by atoms with Gasteiger partial charge in [0, 0.05) is 18.3 Å². The number of benzene rings is 1. The number of nitrogens with zero attached hydrogens (tertiary/aromatic N) is 1. The van der Waals surface area contributed by atoms with E-state index in [0.29, 0.717) is 18.7 Å². The lowest BCUT2D eigenvalue weighted by Crippen LogP contribution is -2.21. The number of rotatable bonds is 4. The quantitative estimate of drug-likeness (QED) is 0.451. The Hall–Kier alpha value is -2.28. The molecule has 16 heavy (non-hydrogen) atoms. The summed E-state index contributed by atoms with van der Waals surface area (Å²) >= 11 is 0. The highest BCUT2D eigenvalue weighted by Crippen LogP contribution is 2.06. The molecule has 0 aliphatic rings. The molecule has 0 bridgehead atoms. The van der Waals surface area contributed by atoms with Crippen molar-refractivity contribution in [2.75, 3.05) is 12.3 Å². The van der Waals surface area contributed by atoms with Crippen LogP contribution in [-0.4, -0.2) is 12.5 Å². The van der Waals surface area contributed by atoms with Gasteiger partial charge in [-0.15, -0.1) is 0 Å². The minimum atomic E-state index is -0.202. The highest BCUT2D eigenvalue weighted by Gasteiger charge is 1.93. The van der Waals surface area contributed by atoms with Crippen molar-refractivity contribution in [2.24, 2.45) is 0 Å². The Morgan fingerprint density at radius 1 is 1.44 bits per heavy atom. The van der Waals surface area contributed by atoms with E-state index in [-0.39, 0.29) is 5.91 Å². The van der Waals surface area contributed by atoms with Crippen LogP contribution in [0.4, 0.5) is 5.69 Å². The number of nitrogen functional groups attached to an aromatic ring is 1. The zero-order valence-electron chi connectivity index (χ0n) is 8.81. The predicted octanol–water partition coefficient (Wildman–Crippen LogP) is 1.31. The van der Waals surface area contributed by atoms with E-state index in [0.717, 1.165) is 5.56 Å². The molecule has 0 aromatic heterocycles. The van der Waals surface area contributed by atoms with Crippen molar-refractivity contribution in [3.8, 4) is 6.07 Å². The Morgan fingerprint density at radius 2 is 2.12 bits per heavy atom. The van der Waals surface area contributed by atoms with Crippen LogP contribution in [0.2, 0.25) is 0 Å².